The van der Waals surface area contributed by atoms with Crippen molar-refractivity contribution in [1.82, 2.24) is 0 Å². The Bertz CT molecular complexity index is 736. The summed E-state index contributed by atoms with van der Waals surface area (Å²) < 4.78 is 18.1. The van der Waals surface area contributed by atoms with Crippen LogP contribution in [0.1, 0.15) is 194 Å². The van der Waals surface area contributed by atoms with E-state index >= 15 is 0 Å². The molecule has 0 unspecified atom stereocenters. The van der Waals surface area contributed by atoms with Crippen LogP contribution in [0.4, 0.5) is 0 Å². The molecule has 0 aromatic heterocycles. The second-order valence-electron chi connectivity index (χ2n) is 14.7. The van der Waals surface area contributed by atoms with Crippen molar-refractivity contribution in [2.75, 3.05) is 0 Å². The Morgan fingerprint density at radius 3 is 1.00 bits per heavy atom. The number of allylic oxidation sites excluding steroid dienone is 4. The van der Waals surface area contributed by atoms with E-state index in [1.165, 1.54) is 116 Å². The van der Waals surface area contributed by atoms with Crippen molar-refractivity contribution in [2.24, 2.45) is 0 Å². The van der Waals surface area contributed by atoms with Crippen LogP contribution >= 0.6 is 0 Å². The fourth-order valence-corrected chi connectivity index (χ4v) is 35.2. The molecule has 0 aliphatic rings. The van der Waals surface area contributed by atoms with Gasteiger partial charge in [0, 0.05) is 0 Å². The summed E-state index contributed by atoms with van der Waals surface area (Å²) in [6.45, 7) is 4.53. The van der Waals surface area contributed by atoms with Gasteiger partial charge in [-0.3, -0.25) is 0 Å². The predicted octanol–water partition coefficient (Wildman–Crippen LogP) is 13.6. The average Bonchev–Trinajstić information content (AvgIpc) is 2.99. The molecule has 0 aliphatic carbocycles. The molecule has 0 amide bonds. The van der Waals surface area contributed by atoms with E-state index in [-0.39, 0.29) is 11.9 Å². The van der Waals surface area contributed by atoms with Crippen molar-refractivity contribution >= 4 is 50.3 Å². The molecule has 0 bridgehead atoms. The molecule has 0 aromatic carbocycles. The number of hydrogen-bond acceptors (Lipinski definition) is 5. The van der Waals surface area contributed by atoms with Crippen molar-refractivity contribution in [3.8, 4) is 0 Å². The third kappa shape index (κ3) is 35.6. The van der Waals surface area contributed by atoms with E-state index in [9.17, 15) is 9.59 Å². The fraction of sp³-hybridized carbons (Fsp3) is 0.850. The Labute approximate surface area is 303 Å². The quantitative estimate of drug-likeness (QED) is 0.0366. The molecule has 0 saturated heterocycles. The van der Waals surface area contributed by atoms with Gasteiger partial charge in [0.05, 0.1) is 0 Å². The maximum absolute atomic E-state index is 12.7. The summed E-state index contributed by atoms with van der Waals surface area (Å²) in [6.07, 6.45) is 42.0. The molecule has 0 heterocycles. The van der Waals surface area contributed by atoms with Crippen molar-refractivity contribution in [1.29, 1.82) is 0 Å². The van der Waals surface area contributed by atoms with Crippen molar-refractivity contribution < 1.29 is 17.1 Å². The summed E-state index contributed by atoms with van der Waals surface area (Å²) in [5.74, 6) is -0.518. The van der Waals surface area contributed by atoms with E-state index in [0.29, 0.717) is 12.8 Å². The van der Waals surface area contributed by atoms with Crippen LogP contribution in [0.2, 0.25) is 19.8 Å². The maximum atomic E-state index is 12.7. The zero-order chi connectivity index (χ0) is 34.9. The first-order valence-corrected chi connectivity index (χ1v) is 36.1. The van der Waals surface area contributed by atoms with E-state index in [1.54, 1.807) is 4.94 Å². The molecule has 0 spiro atoms. The van der Waals surface area contributed by atoms with Crippen LogP contribution in [0.15, 0.2) is 24.3 Å². The Balaban J connectivity index is 4.06. The summed E-state index contributed by atoms with van der Waals surface area (Å²) in [5.41, 5.74) is 0. The predicted molar refractivity (Wildman–Crippen MR) is 207 cm³/mol. The first-order chi connectivity index (χ1) is 22.6. The molecule has 0 atom stereocenters. The summed E-state index contributed by atoms with van der Waals surface area (Å²) in [5, 5.41) is 0. The van der Waals surface area contributed by atoms with E-state index in [4.69, 9.17) is 7.56 Å². The number of carbonyl (C=O) groups is 2. The average molecular weight is 876 g/mol. The molecule has 7 heteroatoms. The minimum atomic E-state index is -4.24. The Morgan fingerprint density at radius 1 is 0.426 bits per heavy atom. The normalized spacial score (nSPS) is 12.4. The molecule has 276 valence electrons. The first-order valence-electron chi connectivity index (χ1n) is 20.1. The van der Waals surface area contributed by atoms with Crippen LogP contribution in [0.5, 0.6) is 0 Å². The van der Waals surface area contributed by atoms with Crippen molar-refractivity contribution in [3.63, 3.8) is 0 Å². The van der Waals surface area contributed by atoms with Gasteiger partial charge in [0.25, 0.3) is 0 Å². The molecule has 0 aliphatic heterocycles. The Morgan fingerprint density at radius 2 is 0.702 bits per heavy atom. The second kappa shape index (κ2) is 33.1. The molecule has 0 aromatic rings. The van der Waals surface area contributed by atoms with Gasteiger partial charge in [0.1, 0.15) is 0 Å². The standard InChI is InChI=1S/2C18H34O2.4CH3.O.2Sn/c2*1-2-3-4-5-6-7-8-9-10-11-12-13-14-15-16-17-18(19)20;;;;;;;/h2*9-10H,2-8,11-17H2,1H3,(H,19,20);4*1H3;;;/q;;;;;;;;+2/p-2/b2*10-9-;;;;;;;. The molecule has 0 fully saturated rings. The van der Waals surface area contributed by atoms with Crippen LogP contribution in [0, 0.1) is 0 Å². The minimum absolute atomic E-state index is 0.259. The van der Waals surface area contributed by atoms with Crippen LogP contribution in [0.25, 0.3) is 0 Å². The molecule has 0 rings (SSSR count). The molecular formula is C40H78O5Sn2. The van der Waals surface area contributed by atoms with Crippen molar-refractivity contribution in [2.45, 2.75) is 213 Å². The second-order valence-corrected chi connectivity index (χ2v) is 37.3. The van der Waals surface area contributed by atoms with Gasteiger partial charge in [-0.2, -0.15) is 0 Å². The van der Waals surface area contributed by atoms with Crippen LogP contribution in [0.3, 0.4) is 0 Å². The van der Waals surface area contributed by atoms with E-state index in [1.807, 2.05) is 0 Å². The number of unbranched alkanes of at least 4 members (excludes halogenated alkanes) is 22. The molecule has 0 radical (unpaired) electrons. The third-order valence-corrected chi connectivity index (χ3v) is 33.4. The van der Waals surface area contributed by atoms with Gasteiger partial charge in [-0.05, 0) is 12.8 Å². The summed E-state index contributed by atoms with van der Waals surface area (Å²) in [6, 6.07) is 0. The Hall–Kier alpha value is -0.0226. The van der Waals surface area contributed by atoms with Gasteiger partial charge in [-0.25, -0.2) is 0 Å². The van der Waals surface area contributed by atoms with E-state index < -0.39 is 38.4 Å². The SMILES string of the molecule is CCCCCCCC/C=C\CCCCCCCC(=O)[O][Sn]([CH3])([O]C(=O)CCCCCCC/C=C\CCCCCCCC)[O][Sn]([CH3])([CH3])[CH3]. The van der Waals surface area contributed by atoms with Gasteiger partial charge in [0.2, 0.25) is 0 Å². The van der Waals surface area contributed by atoms with Gasteiger partial charge >= 0.3 is 214 Å². The van der Waals surface area contributed by atoms with Crippen LogP contribution in [-0.2, 0) is 17.1 Å². The number of rotatable bonds is 34. The van der Waals surface area contributed by atoms with E-state index in [0.717, 1.165) is 51.4 Å². The third-order valence-electron chi connectivity index (χ3n) is 8.38. The monoisotopic (exact) mass is 878 g/mol. The molecule has 0 saturated carbocycles. The first kappa shape index (κ1) is 47.0. The molecule has 0 N–H and O–H groups in total. The number of hydrogen-bond donors (Lipinski definition) is 0. The topological polar surface area (TPSA) is 61.8 Å². The number of carbonyl (C=O) groups excluding carboxylic acids is 2. The van der Waals surface area contributed by atoms with Gasteiger partial charge in [0.15, 0.2) is 0 Å². The van der Waals surface area contributed by atoms with E-state index in [2.05, 4.69) is 53.0 Å². The fourth-order valence-electron chi connectivity index (χ4n) is 5.81. The van der Waals surface area contributed by atoms with Gasteiger partial charge in [-0.15, -0.1) is 0 Å². The van der Waals surface area contributed by atoms with Crippen LogP contribution in [-0.4, -0.2) is 50.3 Å². The summed E-state index contributed by atoms with van der Waals surface area (Å²) in [7, 11) is 0. The molecule has 5 nitrogen and oxygen atoms in total. The zero-order valence-electron chi connectivity index (χ0n) is 32.1. The van der Waals surface area contributed by atoms with Crippen molar-refractivity contribution in [3.05, 3.63) is 24.3 Å². The Kier molecular flexibility index (Phi) is 33.1. The zero-order valence-corrected chi connectivity index (χ0v) is 37.9. The molecule has 47 heavy (non-hydrogen) atoms. The van der Waals surface area contributed by atoms with Crippen LogP contribution < -0.4 is 0 Å². The summed E-state index contributed by atoms with van der Waals surface area (Å²) >= 11 is -7.06. The summed E-state index contributed by atoms with van der Waals surface area (Å²) in [4.78, 5) is 33.6. The molecular weight excluding hydrogens is 798 g/mol. The van der Waals surface area contributed by atoms with Gasteiger partial charge in [-0.1, -0.05) is 78.1 Å². The van der Waals surface area contributed by atoms with Gasteiger partial charge < -0.3 is 0 Å².